The highest BCUT2D eigenvalue weighted by Gasteiger charge is 2.01. The van der Waals surface area contributed by atoms with Gasteiger partial charge in [0.2, 0.25) is 5.65 Å². The third-order valence-electron chi connectivity index (χ3n) is 1.57. The van der Waals surface area contributed by atoms with Crippen molar-refractivity contribution in [3.05, 3.63) is 12.1 Å². The second kappa shape index (κ2) is 2.19. The normalized spacial score (nSPS) is 10.5. The molecular formula is C5H6AlN5. The van der Waals surface area contributed by atoms with Crippen molar-refractivity contribution in [2.45, 2.75) is 0 Å². The summed E-state index contributed by atoms with van der Waals surface area (Å²) in [6, 6.07) is 3.76. The molecular weight excluding hydrogens is 157 g/mol. The SMILES string of the molecule is Nc1cc[c]([AlH2])n2nnnc12. The van der Waals surface area contributed by atoms with Gasteiger partial charge in [-0.2, -0.15) is 0 Å². The number of rotatable bonds is 0. The second-order valence-electron chi connectivity index (χ2n) is 2.34. The molecule has 0 fully saturated rings. The third-order valence-corrected chi connectivity index (χ3v) is 2.32. The first-order chi connectivity index (χ1) is 5.29. The first-order valence-electron chi connectivity index (χ1n) is 3.22. The van der Waals surface area contributed by atoms with E-state index in [9.17, 15) is 0 Å². The summed E-state index contributed by atoms with van der Waals surface area (Å²) in [5.74, 6) is 0. The highest BCUT2D eigenvalue weighted by atomic mass is 27.0. The highest BCUT2D eigenvalue weighted by molar-refractivity contribution is 6.31. The molecule has 11 heavy (non-hydrogen) atoms. The lowest BCUT2D eigenvalue weighted by Crippen LogP contribution is -2.15. The number of nitrogen functional groups attached to an aromatic ring is 1. The van der Waals surface area contributed by atoms with Crippen LogP contribution in [-0.4, -0.2) is 36.3 Å². The average Bonchev–Trinajstić information content (AvgIpc) is 2.45. The van der Waals surface area contributed by atoms with Crippen LogP contribution in [0, 0.1) is 0 Å². The Morgan fingerprint density at radius 3 is 3.00 bits per heavy atom. The van der Waals surface area contributed by atoms with E-state index in [1.807, 2.05) is 12.1 Å². The van der Waals surface area contributed by atoms with E-state index in [1.54, 1.807) is 4.52 Å². The topological polar surface area (TPSA) is 69.1 Å². The lowest BCUT2D eigenvalue weighted by atomic mass is 10.4. The molecule has 54 valence electrons. The van der Waals surface area contributed by atoms with Crippen LogP contribution in [0.15, 0.2) is 12.1 Å². The number of nitrogens with two attached hydrogens (primary N) is 1. The quantitative estimate of drug-likeness (QED) is 0.454. The van der Waals surface area contributed by atoms with Gasteiger partial charge in [0.1, 0.15) is 0 Å². The molecule has 2 heterocycles. The third kappa shape index (κ3) is 0.879. The van der Waals surface area contributed by atoms with Crippen LogP contribution >= 0.6 is 0 Å². The Labute approximate surface area is 70.6 Å². The fourth-order valence-corrected chi connectivity index (χ4v) is 1.43. The van der Waals surface area contributed by atoms with Gasteiger partial charge in [0.15, 0.2) is 0 Å². The van der Waals surface area contributed by atoms with Gasteiger partial charge in [-0.25, -0.2) is 4.52 Å². The van der Waals surface area contributed by atoms with Crippen molar-refractivity contribution in [3.8, 4) is 0 Å². The van der Waals surface area contributed by atoms with Gasteiger partial charge in [-0.3, -0.25) is 0 Å². The molecule has 0 aliphatic heterocycles. The maximum absolute atomic E-state index is 5.62. The molecule has 0 amide bonds. The van der Waals surface area contributed by atoms with Crippen molar-refractivity contribution in [1.82, 2.24) is 20.0 Å². The molecule has 2 aromatic heterocycles. The molecule has 0 atom stereocenters. The number of anilines is 1. The van der Waals surface area contributed by atoms with Crippen LogP contribution in [-0.2, 0) is 0 Å². The zero-order chi connectivity index (χ0) is 7.84. The molecule has 5 nitrogen and oxygen atoms in total. The smallest absolute Gasteiger partial charge is 0.290 e. The Hall–Kier alpha value is -1.12. The summed E-state index contributed by atoms with van der Waals surface area (Å²) in [7, 11) is 0. The fraction of sp³-hybridized carbons (Fsp3) is 0. The first kappa shape index (κ1) is 6.58. The molecule has 0 aliphatic carbocycles. The van der Waals surface area contributed by atoms with Crippen molar-refractivity contribution in [2.24, 2.45) is 0 Å². The summed E-state index contributed by atoms with van der Waals surface area (Å²) in [6.07, 6.45) is 0. The van der Waals surface area contributed by atoms with Crippen LogP contribution in [0.1, 0.15) is 0 Å². The number of nitrogens with zero attached hydrogens (tertiary/aromatic N) is 4. The van der Waals surface area contributed by atoms with Gasteiger partial charge < -0.3 is 5.73 Å². The molecule has 0 unspecified atom stereocenters. The lowest BCUT2D eigenvalue weighted by molar-refractivity contribution is 0.836. The van der Waals surface area contributed by atoms with E-state index in [0.29, 0.717) is 11.3 Å². The molecule has 6 heteroatoms. The monoisotopic (exact) mass is 163 g/mol. The fourth-order valence-electron chi connectivity index (χ4n) is 0.960. The molecule has 0 saturated carbocycles. The summed E-state index contributed by atoms with van der Waals surface area (Å²) in [6.45, 7) is 0. The van der Waals surface area contributed by atoms with E-state index < -0.39 is 0 Å². The number of aromatic nitrogens is 4. The Morgan fingerprint density at radius 2 is 2.27 bits per heavy atom. The number of pyridine rings is 1. The highest BCUT2D eigenvalue weighted by Crippen LogP contribution is 2.04. The summed E-state index contributed by atoms with van der Waals surface area (Å²) in [5, 5.41) is 11.1. The van der Waals surface area contributed by atoms with Gasteiger partial charge in [-0.05, 0) is 21.0 Å². The van der Waals surface area contributed by atoms with Crippen LogP contribution in [0.4, 0.5) is 5.69 Å². The molecule has 0 saturated heterocycles. The van der Waals surface area contributed by atoms with Crippen molar-refractivity contribution in [1.29, 1.82) is 0 Å². The van der Waals surface area contributed by atoms with Gasteiger partial charge in [-0.1, -0.05) is 6.07 Å². The maximum atomic E-state index is 5.62. The Kier molecular flexibility index (Phi) is 1.31. The van der Waals surface area contributed by atoms with Crippen molar-refractivity contribution >= 4 is 32.2 Å². The molecule has 0 spiro atoms. The van der Waals surface area contributed by atoms with Crippen LogP contribution in [0.5, 0.6) is 0 Å². The van der Waals surface area contributed by atoms with E-state index in [2.05, 4.69) is 15.5 Å². The summed E-state index contributed by atoms with van der Waals surface area (Å²) >= 11 is 0.915. The van der Waals surface area contributed by atoms with Crippen LogP contribution in [0.2, 0.25) is 0 Å². The lowest BCUT2D eigenvalue weighted by Gasteiger charge is -1.97. The second-order valence-corrected chi connectivity index (χ2v) is 3.37. The molecule has 2 N–H and O–H groups in total. The standard InChI is InChI=1S/C5H4N5.Al.2H/c6-4-2-1-3-10-5(4)7-8-9-10;;;/h1-2H,6H2;;;. The molecule has 0 bridgehead atoms. The number of hydrogen-bond acceptors (Lipinski definition) is 4. The first-order valence-corrected chi connectivity index (χ1v) is 4.22. The summed E-state index contributed by atoms with van der Waals surface area (Å²) in [4.78, 5) is 0. The van der Waals surface area contributed by atoms with Crippen LogP contribution < -0.4 is 10.3 Å². The molecule has 2 rings (SSSR count). The molecule has 0 aromatic carbocycles. The maximum Gasteiger partial charge on any atom is 0.290 e. The Balaban J connectivity index is 2.96. The van der Waals surface area contributed by atoms with Gasteiger partial charge in [-0.15, -0.1) is 5.10 Å². The minimum atomic E-state index is 0.620. The zero-order valence-electron chi connectivity index (χ0n) is 6.02. The number of fused-ring (bicyclic) bond motifs is 1. The minimum Gasteiger partial charge on any atom is -0.396 e. The minimum absolute atomic E-state index is 0.620. The van der Waals surface area contributed by atoms with Crippen LogP contribution in [0.25, 0.3) is 5.65 Å². The van der Waals surface area contributed by atoms with Crippen LogP contribution in [0.3, 0.4) is 0 Å². The van der Waals surface area contributed by atoms with E-state index in [1.165, 1.54) is 0 Å². The van der Waals surface area contributed by atoms with E-state index in [0.717, 1.165) is 20.8 Å². The van der Waals surface area contributed by atoms with Gasteiger partial charge in [0.25, 0.3) is 16.3 Å². The predicted molar refractivity (Wildman–Crippen MR) is 43.4 cm³/mol. The Morgan fingerprint density at radius 1 is 1.45 bits per heavy atom. The Bertz CT molecular complexity index is 359. The summed E-state index contributed by atoms with van der Waals surface area (Å²) < 4.78 is 2.78. The number of tetrazole rings is 1. The predicted octanol–water partition coefficient (Wildman–Crippen LogP) is -2.04. The molecule has 0 aliphatic rings. The number of hydrogen-bond donors (Lipinski definition) is 1. The van der Waals surface area contributed by atoms with Gasteiger partial charge in [0, 0.05) is 0 Å². The van der Waals surface area contributed by atoms with E-state index >= 15 is 0 Å². The molecule has 2 aromatic rings. The van der Waals surface area contributed by atoms with Crippen molar-refractivity contribution in [2.75, 3.05) is 5.73 Å². The average molecular weight is 163 g/mol. The van der Waals surface area contributed by atoms with Crippen molar-refractivity contribution < 1.29 is 0 Å². The van der Waals surface area contributed by atoms with E-state index in [-0.39, 0.29) is 0 Å². The van der Waals surface area contributed by atoms with Gasteiger partial charge >= 0.3 is 0 Å². The largest absolute Gasteiger partial charge is 0.396 e. The molecule has 0 radical (unpaired) electrons. The van der Waals surface area contributed by atoms with Gasteiger partial charge in [0.05, 0.1) is 5.69 Å². The van der Waals surface area contributed by atoms with Crippen molar-refractivity contribution in [3.63, 3.8) is 0 Å². The zero-order valence-corrected chi connectivity index (χ0v) is 8.02. The van der Waals surface area contributed by atoms with E-state index in [4.69, 9.17) is 5.73 Å². The summed E-state index contributed by atoms with van der Waals surface area (Å²) in [5.41, 5.74) is 6.89.